The predicted molar refractivity (Wildman–Crippen MR) is 93.4 cm³/mol. The first-order valence-electron chi connectivity index (χ1n) is 8.30. The maximum atomic E-state index is 5.53. The van der Waals surface area contributed by atoms with Crippen LogP contribution in [0.15, 0.2) is 30.7 Å². The lowest BCUT2D eigenvalue weighted by molar-refractivity contribution is 0.409. The van der Waals surface area contributed by atoms with Gasteiger partial charge in [-0.3, -0.25) is 4.68 Å². The van der Waals surface area contributed by atoms with Gasteiger partial charge in [-0.15, -0.1) is 0 Å². The molecule has 1 aliphatic rings. The lowest BCUT2D eigenvalue weighted by Crippen LogP contribution is -2.22. The summed E-state index contributed by atoms with van der Waals surface area (Å²) in [4.78, 5) is 8.74. The molecule has 1 aliphatic carbocycles. The summed E-state index contributed by atoms with van der Waals surface area (Å²) < 4.78 is 7.30. The zero-order valence-corrected chi connectivity index (χ0v) is 14.0. The summed E-state index contributed by atoms with van der Waals surface area (Å²) in [6.07, 6.45) is 7.68. The van der Waals surface area contributed by atoms with Gasteiger partial charge in [-0.1, -0.05) is 12.1 Å². The molecular formula is C18H21N5O. The molecule has 0 bridgehead atoms. The van der Waals surface area contributed by atoms with E-state index in [0.29, 0.717) is 6.04 Å². The third kappa shape index (κ3) is 2.58. The summed E-state index contributed by atoms with van der Waals surface area (Å²) in [5.74, 6) is 1.87. The van der Waals surface area contributed by atoms with Gasteiger partial charge in [-0.25, -0.2) is 9.97 Å². The first kappa shape index (κ1) is 14.9. The molecule has 24 heavy (non-hydrogen) atoms. The van der Waals surface area contributed by atoms with Crippen LogP contribution in [0.4, 0.5) is 5.82 Å². The Balaban J connectivity index is 1.63. The molecule has 2 aromatic heterocycles. The second-order valence-corrected chi connectivity index (χ2v) is 6.26. The minimum atomic E-state index is 0.344. The molecule has 0 spiro atoms. The van der Waals surface area contributed by atoms with Crippen LogP contribution in [0.5, 0.6) is 5.75 Å². The average molecular weight is 323 g/mol. The number of hydrogen-bond acceptors (Lipinski definition) is 5. The van der Waals surface area contributed by atoms with E-state index in [1.807, 2.05) is 13.2 Å². The largest absolute Gasteiger partial charge is 0.496 e. The van der Waals surface area contributed by atoms with Crippen molar-refractivity contribution in [2.45, 2.75) is 31.7 Å². The Hall–Kier alpha value is -2.63. The molecule has 0 amide bonds. The van der Waals surface area contributed by atoms with Gasteiger partial charge < -0.3 is 10.1 Å². The normalized spacial score (nSPS) is 17.3. The van der Waals surface area contributed by atoms with E-state index in [1.54, 1.807) is 18.1 Å². The Morgan fingerprint density at radius 2 is 2.21 bits per heavy atom. The Bertz CT molecular complexity index is 873. The highest BCUT2D eigenvalue weighted by Gasteiger charge is 2.20. The third-order valence-corrected chi connectivity index (χ3v) is 4.77. The van der Waals surface area contributed by atoms with Gasteiger partial charge in [0.1, 0.15) is 17.9 Å². The van der Waals surface area contributed by atoms with Crippen molar-refractivity contribution >= 4 is 16.9 Å². The number of aryl methyl sites for hydroxylation is 1. The van der Waals surface area contributed by atoms with Crippen LogP contribution >= 0.6 is 0 Å². The van der Waals surface area contributed by atoms with Crippen molar-refractivity contribution < 1.29 is 4.74 Å². The molecule has 2 heterocycles. The van der Waals surface area contributed by atoms with E-state index in [0.717, 1.165) is 48.3 Å². The average Bonchev–Trinajstić information content (AvgIpc) is 2.86. The lowest BCUT2D eigenvalue weighted by Gasteiger charge is -2.18. The SMILES string of the molecule is COc1cccc2c1CCC[C@H](Nc1ncnc3c1cnn3C)C2. The topological polar surface area (TPSA) is 64.9 Å². The second-order valence-electron chi connectivity index (χ2n) is 6.26. The number of nitrogens with one attached hydrogen (secondary N) is 1. The fourth-order valence-corrected chi connectivity index (χ4v) is 3.56. The molecule has 0 aliphatic heterocycles. The number of fused-ring (bicyclic) bond motifs is 2. The molecular weight excluding hydrogens is 302 g/mol. The summed E-state index contributed by atoms with van der Waals surface area (Å²) in [5, 5.41) is 8.86. The highest BCUT2D eigenvalue weighted by atomic mass is 16.5. The molecule has 1 aromatic carbocycles. The monoisotopic (exact) mass is 323 g/mol. The summed E-state index contributed by atoms with van der Waals surface area (Å²) in [6.45, 7) is 0. The number of hydrogen-bond donors (Lipinski definition) is 1. The van der Waals surface area contributed by atoms with Crippen LogP contribution in [-0.2, 0) is 19.9 Å². The van der Waals surface area contributed by atoms with Crippen LogP contribution in [0.3, 0.4) is 0 Å². The maximum absolute atomic E-state index is 5.53. The van der Waals surface area contributed by atoms with Crippen LogP contribution in [0, 0.1) is 0 Å². The van der Waals surface area contributed by atoms with Gasteiger partial charge in [0.05, 0.1) is 18.7 Å². The Morgan fingerprint density at radius 3 is 3.08 bits per heavy atom. The first-order chi connectivity index (χ1) is 11.8. The fraction of sp³-hybridized carbons (Fsp3) is 0.389. The van der Waals surface area contributed by atoms with E-state index in [4.69, 9.17) is 4.74 Å². The quantitative estimate of drug-likeness (QED) is 0.751. The molecule has 6 nitrogen and oxygen atoms in total. The van der Waals surface area contributed by atoms with Gasteiger partial charge >= 0.3 is 0 Å². The molecule has 0 saturated carbocycles. The zero-order chi connectivity index (χ0) is 16.5. The summed E-state index contributed by atoms with van der Waals surface area (Å²) in [5.41, 5.74) is 3.56. The maximum Gasteiger partial charge on any atom is 0.163 e. The van der Waals surface area contributed by atoms with Crippen LogP contribution in [-0.4, -0.2) is 32.9 Å². The Morgan fingerprint density at radius 1 is 1.29 bits per heavy atom. The smallest absolute Gasteiger partial charge is 0.163 e. The number of nitrogens with zero attached hydrogens (tertiary/aromatic N) is 4. The molecule has 6 heteroatoms. The van der Waals surface area contributed by atoms with Crippen molar-refractivity contribution in [1.82, 2.24) is 19.7 Å². The van der Waals surface area contributed by atoms with Gasteiger partial charge in [0.2, 0.25) is 0 Å². The van der Waals surface area contributed by atoms with E-state index in [9.17, 15) is 0 Å². The highest BCUT2D eigenvalue weighted by molar-refractivity contribution is 5.86. The van der Waals surface area contributed by atoms with Crippen molar-refractivity contribution in [3.63, 3.8) is 0 Å². The molecule has 0 saturated heterocycles. The minimum absolute atomic E-state index is 0.344. The van der Waals surface area contributed by atoms with Crippen molar-refractivity contribution in [3.05, 3.63) is 41.9 Å². The fourth-order valence-electron chi connectivity index (χ4n) is 3.56. The Kier molecular flexibility index (Phi) is 3.80. The number of methoxy groups -OCH3 is 1. The van der Waals surface area contributed by atoms with Gasteiger partial charge in [-0.2, -0.15) is 5.10 Å². The number of benzene rings is 1. The van der Waals surface area contributed by atoms with E-state index >= 15 is 0 Å². The standard InChI is InChI=1S/C18H21N5O/c1-23-18-15(10-21-23)17(19-11-20-18)22-13-6-4-7-14-12(9-13)5-3-8-16(14)24-2/h3,5,8,10-11,13H,4,6-7,9H2,1-2H3,(H,19,20,22)/t13-/m0/s1. The number of ether oxygens (including phenoxy) is 1. The van der Waals surface area contributed by atoms with Crippen LogP contribution < -0.4 is 10.1 Å². The molecule has 4 rings (SSSR count). The number of aromatic nitrogens is 4. The molecule has 0 radical (unpaired) electrons. The van der Waals surface area contributed by atoms with Crippen LogP contribution in [0.2, 0.25) is 0 Å². The molecule has 3 aromatic rings. The van der Waals surface area contributed by atoms with Crippen molar-refractivity contribution in [2.75, 3.05) is 12.4 Å². The predicted octanol–water partition coefficient (Wildman–Crippen LogP) is 2.73. The van der Waals surface area contributed by atoms with E-state index < -0.39 is 0 Å². The van der Waals surface area contributed by atoms with Crippen molar-refractivity contribution in [3.8, 4) is 5.75 Å². The highest BCUT2D eigenvalue weighted by Crippen LogP contribution is 2.30. The van der Waals surface area contributed by atoms with E-state index in [2.05, 4.69) is 38.6 Å². The first-order valence-corrected chi connectivity index (χ1v) is 8.30. The van der Waals surface area contributed by atoms with Crippen LogP contribution in [0.1, 0.15) is 24.0 Å². The molecule has 0 fully saturated rings. The Labute approximate surface area is 140 Å². The van der Waals surface area contributed by atoms with E-state index in [-0.39, 0.29) is 0 Å². The van der Waals surface area contributed by atoms with Gasteiger partial charge in [0.25, 0.3) is 0 Å². The third-order valence-electron chi connectivity index (χ3n) is 4.77. The summed E-state index contributed by atoms with van der Waals surface area (Å²) in [6, 6.07) is 6.68. The summed E-state index contributed by atoms with van der Waals surface area (Å²) in [7, 11) is 3.64. The van der Waals surface area contributed by atoms with Gasteiger partial charge in [0.15, 0.2) is 5.65 Å². The molecule has 124 valence electrons. The number of rotatable bonds is 3. The van der Waals surface area contributed by atoms with Gasteiger partial charge in [-0.05, 0) is 42.9 Å². The lowest BCUT2D eigenvalue weighted by atomic mass is 10.0. The molecule has 0 unspecified atom stereocenters. The van der Waals surface area contributed by atoms with Crippen LogP contribution in [0.25, 0.3) is 11.0 Å². The zero-order valence-electron chi connectivity index (χ0n) is 14.0. The van der Waals surface area contributed by atoms with Crippen molar-refractivity contribution in [1.29, 1.82) is 0 Å². The summed E-state index contributed by atoms with van der Waals surface area (Å²) >= 11 is 0. The van der Waals surface area contributed by atoms with E-state index in [1.165, 1.54) is 11.1 Å². The number of anilines is 1. The minimum Gasteiger partial charge on any atom is -0.496 e. The van der Waals surface area contributed by atoms with Crippen molar-refractivity contribution in [2.24, 2.45) is 7.05 Å². The van der Waals surface area contributed by atoms with Gasteiger partial charge in [0, 0.05) is 13.1 Å². The second kappa shape index (κ2) is 6.11. The molecule has 1 N–H and O–H groups in total. The molecule has 1 atom stereocenters.